The van der Waals surface area contributed by atoms with Crippen LogP contribution < -0.4 is 25.5 Å². The fourth-order valence-electron chi connectivity index (χ4n) is 3.16. The molecule has 1 heterocycles. The largest absolute Gasteiger partial charge is 0.493 e. The van der Waals surface area contributed by atoms with Gasteiger partial charge < -0.3 is 24.5 Å². The zero-order valence-electron chi connectivity index (χ0n) is 19.9. The number of hydrogen-bond donors (Lipinski definition) is 3. The molecule has 3 N–H and O–H groups in total. The molecule has 3 amide bonds. The fourth-order valence-corrected chi connectivity index (χ4v) is 3.73. The third-order valence-corrected chi connectivity index (χ3v) is 5.52. The Morgan fingerprint density at radius 2 is 1.83 bits per heavy atom. The van der Waals surface area contributed by atoms with Gasteiger partial charge in [-0.3, -0.25) is 14.4 Å². The average molecular weight is 557 g/mol. The summed E-state index contributed by atoms with van der Waals surface area (Å²) in [5.41, 5.74) is 5.35. The highest BCUT2D eigenvalue weighted by molar-refractivity contribution is 9.10. The molecule has 11 heteroatoms. The molecule has 0 radical (unpaired) electrons. The third-order valence-electron chi connectivity index (χ3n) is 4.93. The van der Waals surface area contributed by atoms with Crippen molar-refractivity contribution in [2.75, 3.05) is 19.0 Å². The maximum Gasteiger partial charge on any atom is 0.329 e. The van der Waals surface area contributed by atoms with E-state index >= 15 is 0 Å². The standard InChI is InChI=1S/C25H25BrN4O6/c1-15-6-4-7-16(2)22(15)29-21(31)14-36-23-19(26)10-17(11-20(23)34-3)12-28-30-25(33)24(32)27-13-18-8-5-9-35-18/h4-12H,13-14H2,1-3H3,(H,27,32)(H,29,31)(H,30,33)/b28-12-. The Morgan fingerprint density at radius 3 is 2.50 bits per heavy atom. The van der Waals surface area contributed by atoms with Gasteiger partial charge in [-0.1, -0.05) is 18.2 Å². The van der Waals surface area contributed by atoms with Gasteiger partial charge in [-0.2, -0.15) is 5.10 Å². The van der Waals surface area contributed by atoms with Crippen LogP contribution >= 0.6 is 15.9 Å². The van der Waals surface area contributed by atoms with E-state index in [9.17, 15) is 14.4 Å². The zero-order chi connectivity index (χ0) is 26.1. The molecule has 0 atom stereocenters. The monoisotopic (exact) mass is 556 g/mol. The predicted octanol–water partition coefficient (Wildman–Crippen LogP) is 3.45. The summed E-state index contributed by atoms with van der Waals surface area (Å²) < 4.78 is 16.7. The molecular formula is C25H25BrN4O6. The molecule has 0 saturated heterocycles. The molecule has 188 valence electrons. The van der Waals surface area contributed by atoms with Gasteiger partial charge in [0.05, 0.1) is 30.6 Å². The summed E-state index contributed by atoms with van der Waals surface area (Å²) in [5.74, 6) is -0.925. The quantitative estimate of drug-likeness (QED) is 0.210. The molecule has 36 heavy (non-hydrogen) atoms. The maximum absolute atomic E-state index is 12.5. The van der Waals surface area contributed by atoms with Crippen LogP contribution in [0.5, 0.6) is 11.5 Å². The first-order chi connectivity index (χ1) is 17.3. The Kier molecular flexibility index (Phi) is 9.23. The number of ether oxygens (including phenoxy) is 2. The van der Waals surface area contributed by atoms with Gasteiger partial charge in [-0.15, -0.1) is 0 Å². The molecule has 0 bridgehead atoms. The molecule has 0 saturated carbocycles. The number of methoxy groups -OCH3 is 1. The number of furan rings is 1. The van der Waals surface area contributed by atoms with Crippen LogP contribution in [0.1, 0.15) is 22.5 Å². The first-order valence-electron chi connectivity index (χ1n) is 10.8. The van der Waals surface area contributed by atoms with E-state index in [1.807, 2.05) is 32.0 Å². The smallest absolute Gasteiger partial charge is 0.329 e. The molecule has 3 rings (SSSR count). The second-order valence-electron chi connectivity index (χ2n) is 7.60. The first kappa shape index (κ1) is 26.5. The minimum absolute atomic E-state index is 0.0805. The highest BCUT2D eigenvalue weighted by Gasteiger charge is 2.15. The third kappa shape index (κ3) is 7.19. The summed E-state index contributed by atoms with van der Waals surface area (Å²) >= 11 is 3.40. The molecule has 3 aromatic rings. The summed E-state index contributed by atoms with van der Waals surface area (Å²) in [6.07, 6.45) is 2.80. The lowest BCUT2D eigenvalue weighted by Gasteiger charge is -2.15. The molecule has 0 aliphatic rings. The van der Waals surface area contributed by atoms with Gasteiger partial charge in [0.15, 0.2) is 18.1 Å². The predicted molar refractivity (Wildman–Crippen MR) is 137 cm³/mol. The van der Waals surface area contributed by atoms with Crippen LogP contribution in [-0.2, 0) is 20.9 Å². The molecule has 2 aromatic carbocycles. The fraction of sp³-hybridized carbons (Fsp3) is 0.200. The van der Waals surface area contributed by atoms with Gasteiger partial charge in [0.25, 0.3) is 5.91 Å². The lowest BCUT2D eigenvalue weighted by atomic mass is 10.1. The van der Waals surface area contributed by atoms with Crippen LogP contribution in [0.15, 0.2) is 62.7 Å². The summed E-state index contributed by atoms with van der Waals surface area (Å²) in [4.78, 5) is 36.2. The number of carbonyl (C=O) groups is 3. The number of carbonyl (C=O) groups excluding carboxylic acids is 3. The minimum atomic E-state index is -0.932. The van der Waals surface area contributed by atoms with Crippen molar-refractivity contribution in [2.24, 2.45) is 5.10 Å². The Morgan fingerprint density at radius 1 is 1.08 bits per heavy atom. The number of para-hydroxylation sites is 1. The second kappa shape index (κ2) is 12.5. The first-order valence-corrected chi connectivity index (χ1v) is 11.6. The molecule has 1 aromatic heterocycles. The van der Waals surface area contributed by atoms with E-state index in [1.54, 1.807) is 24.3 Å². The number of halogens is 1. The highest BCUT2D eigenvalue weighted by atomic mass is 79.9. The van der Waals surface area contributed by atoms with Crippen LogP contribution in [0, 0.1) is 13.8 Å². The molecule has 0 unspecified atom stereocenters. The van der Waals surface area contributed by atoms with Crippen molar-refractivity contribution in [2.45, 2.75) is 20.4 Å². The molecule has 0 aliphatic carbocycles. The number of nitrogens with one attached hydrogen (secondary N) is 3. The minimum Gasteiger partial charge on any atom is -0.493 e. The van der Waals surface area contributed by atoms with Crippen molar-refractivity contribution in [3.63, 3.8) is 0 Å². The Bertz CT molecular complexity index is 1250. The van der Waals surface area contributed by atoms with Crippen LogP contribution in [0.3, 0.4) is 0 Å². The number of benzene rings is 2. The van der Waals surface area contributed by atoms with Gasteiger partial charge in [0.1, 0.15) is 5.76 Å². The molecule has 0 aliphatic heterocycles. The number of anilines is 1. The van der Waals surface area contributed by atoms with Gasteiger partial charge in [0.2, 0.25) is 0 Å². The Labute approximate surface area is 216 Å². The molecular weight excluding hydrogens is 532 g/mol. The number of hydrogen-bond acceptors (Lipinski definition) is 7. The number of rotatable bonds is 9. The van der Waals surface area contributed by atoms with E-state index in [4.69, 9.17) is 13.9 Å². The van der Waals surface area contributed by atoms with E-state index in [2.05, 4.69) is 37.1 Å². The van der Waals surface area contributed by atoms with Crippen LogP contribution in [0.2, 0.25) is 0 Å². The molecule has 0 fully saturated rings. The van der Waals surface area contributed by atoms with Gasteiger partial charge in [-0.05, 0) is 70.7 Å². The normalized spacial score (nSPS) is 10.7. The van der Waals surface area contributed by atoms with Crippen molar-refractivity contribution in [1.82, 2.24) is 10.7 Å². The lowest BCUT2D eigenvalue weighted by molar-refractivity contribution is -0.139. The highest BCUT2D eigenvalue weighted by Crippen LogP contribution is 2.36. The summed E-state index contributed by atoms with van der Waals surface area (Å²) in [7, 11) is 1.46. The Balaban J connectivity index is 1.57. The van der Waals surface area contributed by atoms with Gasteiger partial charge in [0, 0.05) is 5.69 Å². The summed E-state index contributed by atoms with van der Waals surface area (Å²) in [5, 5.41) is 9.08. The topological polar surface area (TPSA) is 131 Å². The van der Waals surface area contributed by atoms with Crippen LogP contribution in [0.4, 0.5) is 5.69 Å². The SMILES string of the molecule is COc1cc(/C=N\NC(=O)C(=O)NCc2ccco2)cc(Br)c1OCC(=O)Nc1c(C)cccc1C. The van der Waals surface area contributed by atoms with Crippen LogP contribution in [-0.4, -0.2) is 37.7 Å². The van der Waals surface area contributed by atoms with E-state index < -0.39 is 11.8 Å². The van der Waals surface area contributed by atoms with E-state index in [1.165, 1.54) is 19.6 Å². The summed E-state index contributed by atoms with van der Waals surface area (Å²) in [6.45, 7) is 3.68. The zero-order valence-corrected chi connectivity index (χ0v) is 21.5. The van der Waals surface area contributed by atoms with Crippen molar-refractivity contribution in [1.29, 1.82) is 0 Å². The van der Waals surface area contributed by atoms with Gasteiger partial charge in [-0.25, -0.2) is 5.43 Å². The number of amides is 3. The molecule has 0 spiro atoms. The summed E-state index contributed by atoms with van der Waals surface area (Å²) in [6, 6.07) is 12.4. The van der Waals surface area contributed by atoms with E-state index in [0.717, 1.165) is 16.8 Å². The second-order valence-corrected chi connectivity index (χ2v) is 8.45. The average Bonchev–Trinajstić information content (AvgIpc) is 3.37. The lowest BCUT2D eigenvalue weighted by Crippen LogP contribution is -2.37. The van der Waals surface area contributed by atoms with E-state index in [-0.39, 0.29) is 19.1 Å². The number of aryl methyl sites for hydroxylation is 2. The van der Waals surface area contributed by atoms with Crippen molar-refractivity contribution in [3.8, 4) is 11.5 Å². The maximum atomic E-state index is 12.5. The van der Waals surface area contributed by atoms with Crippen molar-refractivity contribution in [3.05, 3.63) is 75.7 Å². The van der Waals surface area contributed by atoms with Gasteiger partial charge >= 0.3 is 11.8 Å². The van der Waals surface area contributed by atoms with Crippen LogP contribution in [0.25, 0.3) is 0 Å². The van der Waals surface area contributed by atoms with Crippen molar-refractivity contribution < 1.29 is 28.3 Å². The van der Waals surface area contributed by atoms with Crippen molar-refractivity contribution >= 4 is 45.6 Å². The number of hydrazone groups is 1. The Hall–Kier alpha value is -4.12. The van der Waals surface area contributed by atoms with E-state index in [0.29, 0.717) is 27.3 Å². The molecule has 10 nitrogen and oxygen atoms in total. The number of nitrogens with zero attached hydrogens (tertiary/aromatic N) is 1.